The van der Waals surface area contributed by atoms with Crippen LogP contribution in [0, 0.1) is 17.2 Å². The van der Waals surface area contributed by atoms with Gasteiger partial charge in [-0.3, -0.25) is 9.59 Å². The molecule has 6 heteroatoms. The second-order valence-corrected chi connectivity index (χ2v) is 9.02. The van der Waals surface area contributed by atoms with E-state index in [2.05, 4.69) is 17.5 Å². The Balaban J connectivity index is 1.39. The molecule has 1 aliphatic heterocycles. The van der Waals surface area contributed by atoms with Gasteiger partial charge in [0.2, 0.25) is 5.91 Å². The number of nitriles is 1. The van der Waals surface area contributed by atoms with Crippen molar-refractivity contribution in [1.29, 1.82) is 5.26 Å². The number of carbonyl (C=O) groups excluding carboxylic acids is 2. The van der Waals surface area contributed by atoms with Crippen molar-refractivity contribution in [3.8, 4) is 17.2 Å². The molecule has 1 saturated carbocycles. The first-order valence-electron chi connectivity index (χ1n) is 11.8. The molecule has 172 valence electrons. The quantitative estimate of drug-likeness (QED) is 0.664. The molecule has 2 amide bonds. The van der Waals surface area contributed by atoms with E-state index in [1.54, 1.807) is 7.11 Å². The maximum absolute atomic E-state index is 12.5. The number of benzene rings is 2. The molecule has 2 aromatic rings. The first-order valence-corrected chi connectivity index (χ1v) is 11.8. The maximum Gasteiger partial charge on any atom is 0.254 e. The normalized spacial score (nSPS) is 16.8. The number of hydrogen-bond donors (Lipinski definition) is 1. The maximum atomic E-state index is 12.5. The monoisotopic (exact) mass is 445 g/mol. The van der Waals surface area contributed by atoms with E-state index in [9.17, 15) is 14.9 Å². The minimum Gasteiger partial charge on any atom is -0.383 e. The predicted molar refractivity (Wildman–Crippen MR) is 126 cm³/mol. The Hall–Kier alpha value is -3.17. The summed E-state index contributed by atoms with van der Waals surface area (Å²) in [6.45, 7) is 1.72. The number of hydrogen-bond acceptors (Lipinski definition) is 4. The number of rotatable bonds is 8. The molecule has 1 atom stereocenters. The van der Waals surface area contributed by atoms with Gasteiger partial charge in [-0.1, -0.05) is 49.6 Å². The van der Waals surface area contributed by atoms with Crippen LogP contribution < -0.4 is 5.32 Å². The molecule has 0 spiro atoms. The van der Waals surface area contributed by atoms with E-state index in [0.717, 1.165) is 53.5 Å². The number of carbonyl (C=O) groups is 2. The molecule has 6 nitrogen and oxygen atoms in total. The lowest BCUT2D eigenvalue weighted by atomic mass is 9.88. The molecule has 2 aliphatic rings. The second-order valence-electron chi connectivity index (χ2n) is 9.02. The van der Waals surface area contributed by atoms with Crippen LogP contribution in [0.4, 0.5) is 0 Å². The molecule has 4 rings (SSSR count). The van der Waals surface area contributed by atoms with E-state index >= 15 is 0 Å². The fourth-order valence-electron chi connectivity index (χ4n) is 4.79. The molecule has 1 N–H and O–H groups in total. The van der Waals surface area contributed by atoms with Crippen LogP contribution in [-0.2, 0) is 22.5 Å². The molecule has 1 fully saturated rings. The highest BCUT2D eigenvalue weighted by atomic mass is 16.5. The van der Waals surface area contributed by atoms with Gasteiger partial charge in [0.1, 0.15) is 6.04 Å². The average molecular weight is 446 g/mol. The van der Waals surface area contributed by atoms with Crippen LogP contribution in [0.3, 0.4) is 0 Å². The number of nitrogens with zero attached hydrogens (tertiary/aromatic N) is 2. The Labute approximate surface area is 195 Å². The molecule has 1 unspecified atom stereocenters. The van der Waals surface area contributed by atoms with E-state index in [0.29, 0.717) is 26.1 Å². The minimum atomic E-state index is -0.519. The highest BCUT2D eigenvalue weighted by Crippen LogP contribution is 2.29. The molecule has 0 radical (unpaired) electrons. The van der Waals surface area contributed by atoms with Crippen molar-refractivity contribution < 1.29 is 14.3 Å². The van der Waals surface area contributed by atoms with Gasteiger partial charge >= 0.3 is 0 Å². The molecular formula is C27H31N3O3. The van der Waals surface area contributed by atoms with Gasteiger partial charge in [-0.15, -0.1) is 0 Å². The SMILES string of the molecule is COCCN1Cc2cc(-c3ccc(CC(C#N)NC(=O)C4CCCCC4)cc3)ccc2C1=O. The standard InChI is InChI=1S/C27H31N3O3/c1-33-14-13-30-18-23-16-22(11-12-25(23)27(30)32)20-9-7-19(8-10-20)15-24(17-28)29-26(31)21-5-3-2-4-6-21/h7-12,16,21,24H,2-6,13-15,18H2,1H3,(H,29,31). The van der Waals surface area contributed by atoms with Gasteiger partial charge < -0.3 is 15.0 Å². The topological polar surface area (TPSA) is 82.4 Å². The number of ether oxygens (including phenoxy) is 1. The molecule has 1 heterocycles. The van der Waals surface area contributed by atoms with Gasteiger partial charge in [-0.05, 0) is 47.2 Å². The molecule has 33 heavy (non-hydrogen) atoms. The van der Waals surface area contributed by atoms with E-state index in [1.807, 2.05) is 41.3 Å². The van der Waals surface area contributed by atoms with Crippen molar-refractivity contribution in [3.63, 3.8) is 0 Å². The summed E-state index contributed by atoms with van der Waals surface area (Å²) < 4.78 is 5.11. The second kappa shape index (κ2) is 10.6. The van der Waals surface area contributed by atoms with Crippen LogP contribution in [0.15, 0.2) is 42.5 Å². The summed E-state index contributed by atoms with van der Waals surface area (Å²) in [5.74, 6) is 0.126. The lowest BCUT2D eigenvalue weighted by Crippen LogP contribution is -2.40. The van der Waals surface area contributed by atoms with Gasteiger partial charge in [0.15, 0.2) is 0 Å². The van der Waals surface area contributed by atoms with Crippen molar-refractivity contribution >= 4 is 11.8 Å². The number of fused-ring (bicyclic) bond motifs is 1. The minimum absolute atomic E-state index is 0.0186. The molecule has 2 aromatic carbocycles. The average Bonchev–Trinajstić information content (AvgIpc) is 3.17. The van der Waals surface area contributed by atoms with E-state index < -0.39 is 6.04 Å². The number of nitrogens with one attached hydrogen (secondary N) is 1. The highest BCUT2D eigenvalue weighted by molar-refractivity contribution is 5.99. The third kappa shape index (κ3) is 5.43. The zero-order valence-corrected chi connectivity index (χ0v) is 19.2. The molecule has 0 aromatic heterocycles. The summed E-state index contributed by atoms with van der Waals surface area (Å²) in [7, 11) is 1.64. The Kier molecular flexibility index (Phi) is 7.41. The Bertz CT molecular complexity index is 1040. The Morgan fingerprint density at radius 1 is 1.15 bits per heavy atom. The summed E-state index contributed by atoms with van der Waals surface area (Å²) in [6, 6.07) is 15.8. The Morgan fingerprint density at radius 3 is 2.58 bits per heavy atom. The molecule has 1 aliphatic carbocycles. The zero-order valence-electron chi connectivity index (χ0n) is 19.2. The number of methoxy groups -OCH3 is 1. The third-order valence-corrected chi connectivity index (χ3v) is 6.72. The largest absolute Gasteiger partial charge is 0.383 e. The summed E-state index contributed by atoms with van der Waals surface area (Å²) in [5, 5.41) is 12.5. The highest BCUT2D eigenvalue weighted by Gasteiger charge is 2.27. The van der Waals surface area contributed by atoms with Crippen LogP contribution in [0.5, 0.6) is 0 Å². The van der Waals surface area contributed by atoms with Crippen LogP contribution in [0.1, 0.15) is 53.6 Å². The number of amides is 2. The first-order chi connectivity index (χ1) is 16.1. The van der Waals surface area contributed by atoms with Crippen LogP contribution in [0.2, 0.25) is 0 Å². The third-order valence-electron chi connectivity index (χ3n) is 6.72. The van der Waals surface area contributed by atoms with Crippen molar-refractivity contribution in [2.75, 3.05) is 20.3 Å². The summed E-state index contributed by atoms with van der Waals surface area (Å²) in [6.07, 6.45) is 5.73. The van der Waals surface area contributed by atoms with Crippen LogP contribution in [0.25, 0.3) is 11.1 Å². The van der Waals surface area contributed by atoms with Gasteiger partial charge in [0.25, 0.3) is 5.91 Å². The fourth-order valence-corrected chi connectivity index (χ4v) is 4.79. The van der Waals surface area contributed by atoms with Crippen molar-refractivity contribution in [2.45, 2.75) is 51.1 Å². The lowest BCUT2D eigenvalue weighted by Gasteiger charge is -2.22. The molecular weight excluding hydrogens is 414 g/mol. The van der Waals surface area contributed by atoms with Gasteiger partial charge in [0, 0.05) is 38.1 Å². The van der Waals surface area contributed by atoms with Gasteiger partial charge in [-0.25, -0.2) is 0 Å². The van der Waals surface area contributed by atoms with Crippen LogP contribution in [-0.4, -0.2) is 43.0 Å². The molecule has 0 bridgehead atoms. The summed E-state index contributed by atoms with van der Waals surface area (Å²) >= 11 is 0. The van der Waals surface area contributed by atoms with E-state index in [4.69, 9.17) is 4.74 Å². The van der Waals surface area contributed by atoms with Gasteiger partial charge in [0.05, 0.1) is 12.7 Å². The van der Waals surface area contributed by atoms with Gasteiger partial charge in [-0.2, -0.15) is 5.26 Å². The lowest BCUT2D eigenvalue weighted by molar-refractivity contribution is -0.126. The summed E-state index contributed by atoms with van der Waals surface area (Å²) in [4.78, 5) is 26.8. The smallest absolute Gasteiger partial charge is 0.254 e. The Morgan fingerprint density at radius 2 is 1.88 bits per heavy atom. The molecule has 0 saturated heterocycles. The van der Waals surface area contributed by atoms with Crippen molar-refractivity contribution in [2.24, 2.45) is 5.92 Å². The zero-order chi connectivity index (χ0) is 23.2. The van der Waals surface area contributed by atoms with Crippen molar-refractivity contribution in [1.82, 2.24) is 10.2 Å². The van der Waals surface area contributed by atoms with Crippen LogP contribution >= 0.6 is 0 Å². The first kappa shape index (κ1) is 23.0. The summed E-state index contributed by atoms with van der Waals surface area (Å²) in [5.41, 5.74) is 4.93. The predicted octanol–water partition coefficient (Wildman–Crippen LogP) is 4.09. The van der Waals surface area contributed by atoms with E-state index in [-0.39, 0.29) is 17.7 Å². The van der Waals surface area contributed by atoms with Crippen molar-refractivity contribution in [3.05, 3.63) is 59.2 Å². The van der Waals surface area contributed by atoms with E-state index in [1.165, 1.54) is 6.42 Å². The fraction of sp³-hybridized carbons (Fsp3) is 0.444.